The highest BCUT2D eigenvalue weighted by Crippen LogP contribution is 2.27. The van der Waals surface area contributed by atoms with Crippen molar-refractivity contribution < 1.29 is 9.90 Å². The number of rotatable bonds is 8. The summed E-state index contributed by atoms with van der Waals surface area (Å²) in [4.78, 5) is 12.4. The van der Waals surface area contributed by atoms with E-state index in [1.807, 2.05) is 37.3 Å². The number of anilines is 1. The number of para-hydroxylation sites is 1. The third kappa shape index (κ3) is 5.49. The lowest BCUT2D eigenvalue weighted by Gasteiger charge is -2.29. The highest BCUT2D eigenvalue weighted by molar-refractivity contribution is 5.82. The Morgan fingerprint density at radius 1 is 1.29 bits per heavy atom. The summed E-state index contributed by atoms with van der Waals surface area (Å²) >= 11 is 0. The molecule has 1 fully saturated rings. The second-order valence-electron chi connectivity index (χ2n) is 6.81. The highest BCUT2D eigenvalue weighted by atomic mass is 16.3. The molecule has 5 heteroatoms. The van der Waals surface area contributed by atoms with Crippen molar-refractivity contribution in [2.45, 2.75) is 64.0 Å². The molecule has 2 atom stereocenters. The number of hydrogen-bond donors (Lipinski definition) is 3. The molecular weight excluding hydrogens is 302 g/mol. The first-order chi connectivity index (χ1) is 11.6. The van der Waals surface area contributed by atoms with Crippen molar-refractivity contribution in [3.8, 4) is 0 Å². The van der Waals surface area contributed by atoms with Gasteiger partial charge in [0.25, 0.3) is 5.91 Å². The summed E-state index contributed by atoms with van der Waals surface area (Å²) in [5.74, 6) is 0.118. The van der Waals surface area contributed by atoms with E-state index in [-0.39, 0.29) is 0 Å². The second kappa shape index (κ2) is 9.64. The first-order valence-corrected chi connectivity index (χ1v) is 9.18. The van der Waals surface area contributed by atoms with Gasteiger partial charge in [0, 0.05) is 12.6 Å². The van der Waals surface area contributed by atoms with E-state index in [2.05, 4.69) is 5.43 Å². The van der Waals surface area contributed by atoms with Crippen molar-refractivity contribution in [1.29, 1.82) is 0 Å². The number of nitrogens with zero attached hydrogens (tertiary/aromatic N) is 1. The summed E-state index contributed by atoms with van der Waals surface area (Å²) in [5.41, 5.74) is 9.83. The van der Waals surface area contributed by atoms with Gasteiger partial charge in [0.05, 0.1) is 5.69 Å². The molecule has 0 heterocycles. The number of hydrazine groups is 1. The van der Waals surface area contributed by atoms with Gasteiger partial charge in [-0.3, -0.25) is 15.2 Å². The van der Waals surface area contributed by atoms with E-state index < -0.39 is 18.1 Å². The highest BCUT2D eigenvalue weighted by Gasteiger charge is 2.27. The Labute approximate surface area is 145 Å². The van der Waals surface area contributed by atoms with Crippen LogP contribution in [0.25, 0.3) is 0 Å². The molecule has 5 nitrogen and oxygen atoms in total. The SMILES string of the molecule is CCCN(NC(=O)C(O)C(N)CC1CCCCC1)c1ccccc1. The molecule has 0 spiro atoms. The predicted octanol–water partition coefficient (Wildman–Crippen LogP) is 2.59. The van der Waals surface area contributed by atoms with Gasteiger partial charge in [-0.25, -0.2) is 0 Å². The van der Waals surface area contributed by atoms with Crippen molar-refractivity contribution in [3.05, 3.63) is 30.3 Å². The maximum Gasteiger partial charge on any atom is 0.268 e. The molecule has 1 aliphatic rings. The summed E-state index contributed by atoms with van der Waals surface area (Å²) in [6.07, 6.45) is 6.51. The average Bonchev–Trinajstić information content (AvgIpc) is 2.62. The molecular formula is C19H31N3O2. The van der Waals surface area contributed by atoms with E-state index in [4.69, 9.17) is 5.73 Å². The normalized spacial score (nSPS) is 18.0. The van der Waals surface area contributed by atoms with Gasteiger partial charge in [0.1, 0.15) is 6.10 Å². The molecule has 4 N–H and O–H groups in total. The van der Waals surface area contributed by atoms with Crippen molar-refractivity contribution in [3.63, 3.8) is 0 Å². The number of carbonyl (C=O) groups is 1. The molecule has 134 valence electrons. The molecule has 0 saturated heterocycles. The topological polar surface area (TPSA) is 78.6 Å². The van der Waals surface area contributed by atoms with Gasteiger partial charge in [0.2, 0.25) is 0 Å². The minimum Gasteiger partial charge on any atom is -0.382 e. The molecule has 0 aliphatic heterocycles. The fraction of sp³-hybridized carbons (Fsp3) is 0.632. The van der Waals surface area contributed by atoms with Crippen LogP contribution >= 0.6 is 0 Å². The van der Waals surface area contributed by atoms with Crippen LogP contribution in [0.3, 0.4) is 0 Å². The largest absolute Gasteiger partial charge is 0.382 e. The second-order valence-corrected chi connectivity index (χ2v) is 6.81. The third-order valence-electron chi connectivity index (χ3n) is 4.76. The molecule has 0 radical (unpaired) electrons. The quantitative estimate of drug-likeness (QED) is 0.639. The van der Waals surface area contributed by atoms with Crippen LogP contribution in [-0.4, -0.2) is 29.7 Å². The van der Waals surface area contributed by atoms with Crippen LogP contribution in [0.1, 0.15) is 51.9 Å². The van der Waals surface area contributed by atoms with Gasteiger partial charge in [-0.2, -0.15) is 0 Å². The van der Waals surface area contributed by atoms with Crippen LogP contribution in [-0.2, 0) is 4.79 Å². The van der Waals surface area contributed by atoms with Gasteiger partial charge in [-0.05, 0) is 30.9 Å². The maximum absolute atomic E-state index is 12.4. The van der Waals surface area contributed by atoms with Gasteiger partial charge < -0.3 is 10.8 Å². The Kier molecular flexibility index (Phi) is 7.53. The van der Waals surface area contributed by atoms with E-state index in [0.717, 1.165) is 24.9 Å². The Hall–Kier alpha value is -1.59. The number of nitrogens with one attached hydrogen (secondary N) is 1. The number of amides is 1. The molecule has 1 saturated carbocycles. The Bertz CT molecular complexity index is 489. The van der Waals surface area contributed by atoms with Gasteiger partial charge in [-0.15, -0.1) is 0 Å². The van der Waals surface area contributed by atoms with Crippen molar-refractivity contribution in [2.24, 2.45) is 11.7 Å². The van der Waals surface area contributed by atoms with Crippen molar-refractivity contribution in [1.82, 2.24) is 5.43 Å². The standard InChI is InChI=1S/C19H31N3O2/c1-2-13-22(16-11-7-4-8-12-16)21-19(24)18(23)17(20)14-15-9-5-3-6-10-15/h4,7-8,11-12,15,17-18,23H,2-3,5-6,9-10,13-14,20H2,1H3,(H,21,24). The minimum atomic E-state index is -1.17. The number of aliphatic hydroxyl groups excluding tert-OH is 1. The fourth-order valence-corrected chi connectivity index (χ4v) is 3.41. The zero-order valence-electron chi connectivity index (χ0n) is 14.7. The van der Waals surface area contributed by atoms with Crippen LogP contribution in [0.5, 0.6) is 0 Å². The molecule has 0 aromatic heterocycles. The Balaban J connectivity index is 1.90. The molecule has 1 amide bonds. The zero-order valence-corrected chi connectivity index (χ0v) is 14.7. The summed E-state index contributed by atoms with van der Waals surface area (Å²) in [6, 6.07) is 9.15. The van der Waals surface area contributed by atoms with E-state index in [0.29, 0.717) is 18.9 Å². The average molecular weight is 333 g/mol. The minimum absolute atomic E-state index is 0.421. The summed E-state index contributed by atoms with van der Waals surface area (Å²) < 4.78 is 0. The lowest BCUT2D eigenvalue weighted by Crippen LogP contribution is -2.53. The van der Waals surface area contributed by atoms with Crippen LogP contribution in [0.4, 0.5) is 5.69 Å². The van der Waals surface area contributed by atoms with E-state index in [1.54, 1.807) is 5.01 Å². The van der Waals surface area contributed by atoms with Gasteiger partial charge in [0.15, 0.2) is 0 Å². The molecule has 1 aromatic rings. The van der Waals surface area contributed by atoms with E-state index >= 15 is 0 Å². The number of carbonyl (C=O) groups excluding carboxylic acids is 1. The third-order valence-corrected chi connectivity index (χ3v) is 4.76. The fourth-order valence-electron chi connectivity index (χ4n) is 3.41. The molecule has 2 rings (SSSR count). The molecule has 1 aliphatic carbocycles. The Morgan fingerprint density at radius 2 is 1.96 bits per heavy atom. The smallest absolute Gasteiger partial charge is 0.268 e. The molecule has 2 unspecified atom stereocenters. The number of aliphatic hydroxyl groups is 1. The molecule has 24 heavy (non-hydrogen) atoms. The first kappa shape index (κ1) is 18.7. The number of benzene rings is 1. The van der Waals surface area contributed by atoms with Crippen LogP contribution < -0.4 is 16.2 Å². The lowest BCUT2D eigenvalue weighted by molar-refractivity contribution is -0.130. The molecule has 1 aromatic carbocycles. The zero-order chi connectivity index (χ0) is 17.4. The monoisotopic (exact) mass is 333 g/mol. The molecule has 0 bridgehead atoms. The van der Waals surface area contributed by atoms with E-state index in [9.17, 15) is 9.90 Å². The first-order valence-electron chi connectivity index (χ1n) is 9.18. The summed E-state index contributed by atoms with van der Waals surface area (Å²) in [7, 11) is 0. The summed E-state index contributed by atoms with van der Waals surface area (Å²) in [6.45, 7) is 2.73. The number of hydrogen-bond acceptors (Lipinski definition) is 4. The van der Waals surface area contributed by atoms with Crippen molar-refractivity contribution >= 4 is 11.6 Å². The van der Waals surface area contributed by atoms with Gasteiger partial charge in [-0.1, -0.05) is 57.2 Å². The van der Waals surface area contributed by atoms with Crippen molar-refractivity contribution in [2.75, 3.05) is 11.6 Å². The van der Waals surface area contributed by atoms with Crippen LogP contribution in [0.2, 0.25) is 0 Å². The lowest BCUT2D eigenvalue weighted by atomic mass is 9.84. The maximum atomic E-state index is 12.4. The number of nitrogens with two attached hydrogens (primary N) is 1. The van der Waals surface area contributed by atoms with Gasteiger partial charge >= 0.3 is 0 Å². The predicted molar refractivity (Wildman–Crippen MR) is 97.4 cm³/mol. The van der Waals surface area contributed by atoms with Crippen LogP contribution in [0, 0.1) is 5.92 Å². The summed E-state index contributed by atoms with van der Waals surface area (Å²) in [5, 5.41) is 12.1. The van der Waals surface area contributed by atoms with Crippen LogP contribution in [0.15, 0.2) is 30.3 Å². The Morgan fingerprint density at radius 3 is 2.58 bits per heavy atom. The van der Waals surface area contributed by atoms with E-state index in [1.165, 1.54) is 19.3 Å².